The zero-order valence-electron chi connectivity index (χ0n) is 14.2. The van der Waals surface area contributed by atoms with Crippen LogP contribution in [0.1, 0.15) is 49.0 Å². The van der Waals surface area contributed by atoms with E-state index in [2.05, 4.69) is 0 Å². The molecule has 0 bridgehead atoms. The first-order valence-electron chi connectivity index (χ1n) is 8.01. The molecule has 0 radical (unpaired) electrons. The second kappa shape index (κ2) is 7.02. The van der Waals surface area contributed by atoms with Crippen molar-refractivity contribution in [2.24, 2.45) is 5.41 Å². The van der Waals surface area contributed by atoms with Crippen LogP contribution in [0.5, 0.6) is 11.5 Å². The predicted octanol–water partition coefficient (Wildman–Crippen LogP) is 3.18. The van der Waals surface area contributed by atoms with E-state index in [0.717, 1.165) is 18.4 Å². The second-order valence-corrected chi connectivity index (χ2v) is 5.78. The van der Waals surface area contributed by atoms with Crippen molar-refractivity contribution < 1.29 is 23.8 Å². The average molecular weight is 320 g/mol. The zero-order chi connectivity index (χ0) is 17.0. The Bertz CT molecular complexity index is 608. The summed E-state index contributed by atoms with van der Waals surface area (Å²) >= 11 is 0. The molecule has 0 aliphatic heterocycles. The van der Waals surface area contributed by atoms with Crippen LogP contribution in [-0.4, -0.2) is 32.6 Å². The molecule has 1 atom stereocenters. The van der Waals surface area contributed by atoms with Crippen molar-refractivity contribution in [2.45, 2.75) is 39.5 Å². The summed E-state index contributed by atoms with van der Waals surface area (Å²) in [5, 5.41) is 0. The Morgan fingerprint density at radius 2 is 1.83 bits per heavy atom. The van der Waals surface area contributed by atoms with Crippen LogP contribution in [0.15, 0.2) is 12.1 Å². The van der Waals surface area contributed by atoms with Gasteiger partial charge in [0.15, 0.2) is 17.3 Å². The molecule has 0 fully saturated rings. The maximum Gasteiger partial charge on any atom is 0.320 e. The van der Waals surface area contributed by atoms with Gasteiger partial charge < -0.3 is 14.2 Å². The third kappa shape index (κ3) is 2.92. The summed E-state index contributed by atoms with van der Waals surface area (Å²) in [5.41, 5.74) is 0.245. The molecule has 1 aromatic rings. The molecule has 0 heterocycles. The van der Waals surface area contributed by atoms with Gasteiger partial charge in [0.05, 0.1) is 20.8 Å². The van der Waals surface area contributed by atoms with Crippen molar-refractivity contribution >= 4 is 11.8 Å². The fourth-order valence-electron chi connectivity index (χ4n) is 3.16. The molecule has 1 aromatic carbocycles. The van der Waals surface area contributed by atoms with Crippen molar-refractivity contribution in [3.05, 3.63) is 23.3 Å². The quantitative estimate of drug-likeness (QED) is 0.570. The monoisotopic (exact) mass is 320 g/mol. The molecule has 126 valence electrons. The van der Waals surface area contributed by atoms with Gasteiger partial charge in [-0.05, 0) is 37.5 Å². The van der Waals surface area contributed by atoms with Gasteiger partial charge in [-0.2, -0.15) is 0 Å². The maximum absolute atomic E-state index is 13.0. The van der Waals surface area contributed by atoms with Crippen molar-refractivity contribution in [1.82, 2.24) is 0 Å². The average Bonchev–Trinajstić information content (AvgIpc) is 2.84. The predicted molar refractivity (Wildman–Crippen MR) is 86.2 cm³/mol. The molecule has 23 heavy (non-hydrogen) atoms. The maximum atomic E-state index is 13.0. The summed E-state index contributed by atoms with van der Waals surface area (Å²) < 4.78 is 15.8. The number of rotatable bonds is 7. The van der Waals surface area contributed by atoms with Crippen molar-refractivity contribution in [3.8, 4) is 11.5 Å². The number of carbonyl (C=O) groups excluding carboxylic acids is 2. The summed E-state index contributed by atoms with van der Waals surface area (Å²) in [4.78, 5) is 25.6. The van der Waals surface area contributed by atoms with Crippen LogP contribution in [0.3, 0.4) is 0 Å². The lowest BCUT2D eigenvalue weighted by Gasteiger charge is -2.24. The van der Waals surface area contributed by atoms with Crippen LogP contribution in [-0.2, 0) is 16.0 Å². The summed E-state index contributed by atoms with van der Waals surface area (Å²) in [6.07, 6.45) is 2.57. The van der Waals surface area contributed by atoms with Crippen molar-refractivity contribution in [1.29, 1.82) is 0 Å². The summed E-state index contributed by atoms with van der Waals surface area (Å²) in [6.45, 7) is 4.06. The number of benzene rings is 1. The smallest absolute Gasteiger partial charge is 0.320 e. The number of hydrogen-bond acceptors (Lipinski definition) is 5. The van der Waals surface area contributed by atoms with E-state index in [1.54, 1.807) is 26.2 Å². The molecular weight excluding hydrogens is 296 g/mol. The molecule has 1 unspecified atom stereocenters. The van der Waals surface area contributed by atoms with Gasteiger partial charge in [0.25, 0.3) is 0 Å². The molecule has 1 aliphatic rings. The van der Waals surface area contributed by atoms with Gasteiger partial charge >= 0.3 is 5.97 Å². The Morgan fingerprint density at radius 1 is 1.17 bits per heavy atom. The van der Waals surface area contributed by atoms with Gasteiger partial charge in [0.2, 0.25) is 0 Å². The van der Waals surface area contributed by atoms with Gasteiger partial charge in [-0.1, -0.05) is 19.8 Å². The number of hydrogen-bond donors (Lipinski definition) is 0. The number of unbranched alkanes of at least 4 members (excludes halogenated alkanes) is 1. The van der Waals surface area contributed by atoms with Crippen LogP contribution < -0.4 is 9.47 Å². The Morgan fingerprint density at radius 3 is 2.39 bits per heavy atom. The number of esters is 1. The van der Waals surface area contributed by atoms with E-state index >= 15 is 0 Å². The summed E-state index contributed by atoms with van der Waals surface area (Å²) in [6, 6.07) is 3.46. The SMILES string of the molecule is CCCCC1(C(=O)OCC)Cc2cc(OC)c(OC)cc2C1=O. The van der Waals surface area contributed by atoms with Gasteiger partial charge in [-0.15, -0.1) is 0 Å². The van der Waals surface area contributed by atoms with Crippen LogP contribution in [0.25, 0.3) is 0 Å². The van der Waals surface area contributed by atoms with E-state index < -0.39 is 11.4 Å². The molecule has 0 saturated heterocycles. The van der Waals surface area contributed by atoms with Crippen LogP contribution in [0, 0.1) is 5.41 Å². The third-order valence-corrected chi connectivity index (χ3v) is 4.40. The minimum Gasteiger partial charge on any atom is -0.493 e. The molecule has 0 saturated carbocycles. The third-order valence-electron chi connectivity index (χ3n) is 4.40. The van der Waals surface area contributed by atoms with Gasteiger partial charge in [0.1, 0.15) is 5.41 Å². The highest BCUT2D eigenvalue weighted by atomic mass is 16.5. The number of ketones is 1. The molecule has 5 nitrogen and oxygen atoms in total. The lowest BCUT2D eigenvalue weighted by molar-refractivity contribution is -0.152. The van der Waals surface area contributed by atoms with Crippen molar-refractivity contribution in [2.75, 3.05) is 20.8 Å². The van der Waals surface area contributed by atoms with Crippen LogP contribution in [0.2, 0.25) is 0 Å². The summed E-state index contributed by atoms with van der Waals surface area (Å²) in [7, 11) is 3.08. The normalized spacial score (nSPS) is 19.4. The largest absolute Gasteiger partial charge is 0.493 e. The number of ether oxygens (including phenoxy) is 3. The van der Waals surface area contributed by atoms with E-state index in [-0.39, 0.29) is 12.4 Å². The van der Waals surface area contributed by atoms with Crippen LogP contribution in [0.4, 0.5) is 0 Å². The first kappa shape index (κ1) is 17.3. The molecule has 0 amide bonds. The van der Waals surface area contributed by atoms with Crippen molar-refractivity contribution in [3.63, 3.8) is 0 Å². The minimum atomic E-state index is -1.11. The molecular formula is C18H24O5. The Balaban J connectivity index is 2.47. The van der Waals surface area contributed by atoms with E-state index in [1.807, 2.05) is 6.92 Å². The first-order valence-corrected chi connectivity index (χ1v) is 8.01. The van der Waals surface area contributed by atoms with Gasteiger partial charge in [-0.3, -0.25) is 9.59 Å². The molecule has 0 N–H and O–H groups in total. The highest BCUT2D eigenvalue weighted by Crippen LogP contribution is 2.45. The second-order valence-electron chi connectivity index (χ2n) is 5.78. The minimum absolute atomic E-state index is 0.166. The lowest BCUT2D eigenvalue weighted by atomic mass is 9.79. The Hall–Kier alpha value is -2.04. The summed E-state index contributed by atoms with van der Waals surface area (Å²) in [5.74, 6) is 0.469. The molecule has 5 heteroatoms. The van der Waals surface area contributed by atoms with Crippen LogP contribution >= 0.6 is 0 Å². The van der Waals surface area contributed by atoms with Gasteiger partial charge in [-0.25, -0.2) is 0 Å². The topological polar surface area (TPSA) is 61.8 Å². The number of methoxy groups -OCH3 is 2. The standard InChI is InChI=1S/C18H24O5/c1-5-7-8-18(17(20)23-6-2)11-12-9-14(21-3)15(22-4)10-13(12)16(18)19/h9-10H,5-8,11H2,1-4H3. The molecule has 1 aliphatic carbocycles. The van der Waals surface area contributed by atoms with E-state index in [4.69, 9.17) is 14.2 Å². The fourth-order valence-corrected chi connectivity index (χ4v) is 3.16. The van der Waals surface area contributed by atoms with Gasteiger partial charge in [0, 0.05) is 5.56 Å². The first-order chi connectivity index (χ1) is 11.0. The Kier molecular flexibility index (Phi) is 5.29. The fraction of sp³-hybridized carbons (Fsp3) is 0.556. The highest BCUT2D eigenvalue weighted by molar-refractivity contribution is 6.16. The Labute approximate surface area is 136 Å². The van der Waals surface area contributed by atoms with E-state index in [0.29, 0.717) is 29.9 Å². The number of Topliss-reactive ketones (excluding diaryl/α,β-unsaturated/α-hetero) is 1. The van der Waals surface area contributed by atoms with E-state index in [1.165, 1.54) is 7.11 Å². The molecule has 2 rings (SSSR count). The number of fused-ring (bicyclic) bond motifs is 1. The zero-order valence-corrected chi connectivity index (χ0v) is 14.2. The lowest BCUT2D eigenvalue weighted by Crippen LogP contribution is -2.38. The molecule has 0 aromatic heterocycles. The molecule has 0 spiro atoms. The number of carbonyl (C=O) groups is 2. The van der Waals surface area contributed by atoms with E-state index in [9.17, 15) is 9.59 Å². The highest BCUT2D eigenvalue weighted by Gasteiger charge is 2.52.